The predicted molar refractivity (Wildman–Crippen MR) is 48.1 cm³/mol. The summed E-state index contributed by atoms with van der Waals surface area (Å²) in [5.74, 6) is -1.09. The first-order valence-electron chi connectivity index (χ1n) is 3.47. The Hall–Kier alpha value is -0.870. The average molecular weight is 206 g/mol. The number of methoxy groups -OCH3 is 1. The van der Waals surface area contributed by atoms with Gasteiger partial charge in [-0.1, -0.05) is 4.88 Å². The number of carbonyl (C=O) groups is 1. The maximum absolute atomic E-state index is 10.9. The maximum Gasteiger partial charge on any atom is 0.312 e. The van der Waals surface area contributed by atoms with E-state index in [1.807, 2.05) is 0 Å². The fourth-order valence-electron chi connectivity index (χ4n) is 0.616. The summed E-state index contributed by atoms with van der Waals surface area (Å²) in [5, 5.41) is 11.4. The first kappa shape index (κ1) is 12.1. The van der Waals surface area contributed by atoms with E-state index in [0.29, 0.717) is 0 Å². The molecular formula is C5H11N4O3P. The largest absolute Gasteiger partial charge is 0.469 e. The Morgan fingerprint density at radius 3 is 3.08 bits per heavy atom. The summed E-state index contributed by atoms with van der Waals surface area (Å²) in [4.78, 5) is 16.6. The van der Waals surface area contributed by atoms with Crippen LogP contribution in [0.3, 0.4) is 0 Å². The monoisotopic (exact) mass is 206 g/mol. The predicted octanol–water partition coefficient (Wildman–Crippen LogP) is 0.176. The van der Waals surface area contributed by atoms with Gasteiger partial charge in [-0.05, 0) is 5.53 Å². The molecule has 13 heavy (non-hydrogen) atoms. The van der Waals surface area contributed by atoms with Gasteiger partial charge >= 0.3 is 5.97 Å². The number of nitrogens with one attached hydrogen (secondary N) is 1. The number of esters is 1. The van der Waals surface area contributed by atoms with E-state index in [4.69, 9.17) is 10.6 Å². The Kier molecular flexibility index (Phi) is 7.24. The third-order valence-corrected chi connectivity index (χ3v) is 1.83. The van der Waals surface area contributed by atoms with Crippen LogP contribution in [0.2, 0.25) is 0 Å². The van der Waals surface area contributed by atoms with E-state index < -0.39 is 11.9 Å². The number of aliphatic hydroxyl groups excluding tert-OH is 1. The van der Waals surface area contributed by atoms with E-state index in [0.717, 1.165) is 0 Å². The number of nitrogens with zero attached hydrogens (tertiary/aromatic N) is 3. The zero-order valence-corrected chi connectivity index (χ0v) is 8.10. The van der Waals surface area contributed by atoms with E-state index in [9.17, 15) is 4.79 Å². The second-order valence-corrected chi connectivity index (χ2v) is 2.86. The van der Waals surface area contributed by atoms with Crippen molar-refractivity contribution in [1.29, 1.82) is 0 Å². The van der Waals surface area contributed by atoms with Crippen molar-refractivity contribution < 1.29 is 14.6 Å². The van der Waals surface area contributed by atoms with Gasteiger partial charge in [0.2, 0.25) is 0 Å². The van der Waals surface area contributed by atoms with Crippen LogP contribution < -0.4 is 5.09 Å². The second-order valence-electron chi connectivity index (χ2n) is 2.08. The third kappa shape index (κ3) is 5.38. The van der Waals surface area contributed by atoms with Crippen LogP contribution in [0.4, 0.5) is 0 Å². The van der Waals surface area contributed by atoms with Gasteiger partial charge in [0.1, 0.15) is 0 Å². The highest BCUT2D eigenvalue weighted by Crippen LogP contribution is 2.06. The fourth-order valence-corrected chi connectivity index (χ4v) is 1.07. The van der Waals surface area contributed by atoms with Crippen molar-refractivity contribution in [2.75, 3.05) is 20.3 Å². The van der Waals surface area contributed by atoms with Crippen LogP contribution in [0.15, 0.2) is 4.88 Å². The molecule has 0 saturated carbocycles. The van der Waals surface area contributed by atoms with Crippen LogP contribution in [0.5, 0.6) is 0 Å². The van der Waals surface area contributed by atoms with E-state index in [-0.39, 0.29) is 22.0 Å². The zero-order chi connectivity index (χ0) is 10.1. The van der Waals surface area contributed by atoms with Gasteiger partial charge in [-0.25, -0.2) is 0 Å². The average Bonchev–Trinajstić information content (AvgIpc) is 2.17. The summed E-state index contributed by atoms with van der Waals surface area (Å²) < 4.78 is 4.42. The van der Waals surface area contributed by atoms with Crippen molar-refractivity contribution in [1.82, 2.24) is 5.09 Å². The minimum absolute atomic E-state index is 0.138. The van der Waals surface area contributed by atoms with Gasteiger partial charge in [0.05, 0.1) is 19.6 Å². The molecule has 2 atom stereocenters. The van der Waals surface area contributed by atoms with Crippen LogP contribution in [0.1, 0.15) is 0 Å². The van der Waals surface area contributed by atoms with Gasteiger partial charge in [-0.3, -0.25) is 9.88 Å². The number of aliphatic hydroxyl groups is 1. The fraction of sp³-hybridized carbons (Fsp3) is 0.800. The highest BCUT2D eigenvalue weighted by molar-refractivity contribution is 7.33. The van der Waals surface area contributed by atoms with Gasteiger partial charge in [0, 0.05) is 20.3 Å². The topological polar surface area (TPSA) is 107 Å². The number of hydrogen-bond donors (Lipinski definition) is 2. The van der Waals surface area contributed by atoms with Gasteiger partial charge in [0.25, 0.3) is 0 Å². The van der Waals surface area contributed by atoms with E-state index in [1.165, 1.54) is 7.11 Å². The summed E-state index contributed by atoms with van der Waals surface area (Å²) >= 11 is 0. The molecule has 0 aromatic carbocycles. The Balaban J connectivity index is 3.71. The van der Waals surface area contributed by atoms with Crippen molar-refractivity contribution in [3.05, 3.63) is 10.4 Å². The number of ether oxygens (including phenoxy) is 1. The summed E-state index contributed by atoms with van der Waals surface area (Å²) in [6.07, 6.45) is 0. The van der Waals surface area contributed by atoms with Crippen LogP contribution in [0, 0.1) is 5.92 Å². The summed E-state index contributed by atoms with van der Waals surface area (Å²) in [5.41, 5.74) is 7.93. The molecular weight excluding hydrogens is 195 g/mol. The lowest BCUT2D eigenvalue weighted by atomic mass is 10.2. The molecule has 0 radical (unpaired) electrons. The Labute approximate surface area is 77.0 Å². The normalized spacial score (nSPS) is 12.5. The van der Waals surface area contributed by atoms with Crippen LogP contribution >= 0.6 is 8.88 Å². The number of hydrogen-bond acceptors (Lipinski definition) is 5. The number of azide groups is 1. The molecule has 0 amide bonds. The molecule has 0 heterocycles. The first-order valence-corrected chi connectivity index (χ1v) is 4.41. The summed E-state index contributed by atoms with van der Waals surface area (Å²) in [6, 6.07) is 0. The van der Waals surface area contributed by atoms with E-state index >= 15 is 0 Å². The molecule has 0 spiro atoms. The lowest BCUT2D eigenvalue weighted by Crippen LogP contribution is -2.28. The molecule has 0 aromatic heterocycles. The van der Waals surface area contributed by atoms with E-state index in [2.05, 4.69) is 19.6 Å². The SMILES string of the molecule is COC(=O)C(CO)CNPN=[N+]=[N-]. The lowest BCUT2D eigenvalue weighted by molar-refractivity contribution is -0.146. The molecule has 0 saturated heterocycles. The molecule has 0 aromatic rings. The Morgan fingerprint density at radius 1 is 1.92 bits per heavy atom. The van der Waals surface area contributed by atoms with Crippen LogP contribution in [-0.4, -0.2) is 31.3 Å². The standard InChI is InChI=1S/C5H11N4O3P/c1-12-5(11)4(3-10)2-7-13-9-8-6/h4,7,10,13H,2-3H2,1H3. The molecule has 8 heteroatoms. The van der Waals surface area contributed by atoms with Gasteiger partial charge < -0.3 is 9.84 Å². The molecule has 7 nitrogen and oxygen atoms in total. The molecule has 0 fully saturated rings. The van der Waals surface area contributed by atoms with Crippen LogP contribution in [-0.2, 0) is 9.53 Å². The summed E-state index contributed by atoms with van der Waals surface area (Å²) in [7, 11) is 1.11. The van der Waals surface area contributed by atoms with Crippen molar-refractivity contribution in [2.45, 2.75) is 0 Å². The van der Waals surface area contributed by atoms with Crippen LogP contribution in [0.25, 0.3) is 10.4 Å². The van der Waals surface area contributed by atoms with Gasteiger partial charge in [0.15, 0.2) is 0 Å². The minimum Gasteiger partial charge on any atom is -0.469 e. The smallest absolute Gasteiger partial charge is 0.312 e. The zero-order valence-electron chi connectivity index (χ0n) is 7.10. The molecule has 74 valence electrons. The van der Waals surface area contributed by atoms with Gasteiger partial charge in [-0.15, -0.1) is 0 Å². The third-order valence-electron chi connectivity index (χ3n) is 1.28. The molecule has 0 aliphatic heterocycles. The molecule has 2 N–H and O–H groups in total. The lowest BCUT2D eigenvalue weighted by Gasteiger charge is -2.10. The molecule has 0 aliphatic rings. The maximum atomic E-state index is 10.9. The quantitative estimate of drug-likeness (QED) is 0.161. The molecule has 0 rings (SSSR count). The highest BCUT2D eigenvalue weighted by atomic mass is 31.1. The molecule has 0 bridgehead atoms. The summed E-state index contributed by atoms with van der Waals surface area (Å²) in [6.45, 7) is -0.0545. The Bertz CT molecular complexity index is 206. The number of carbonyl (C=O) groups excluding carboxylic acids is 1. The highest BCUT2D eigenvalue weighted by Gasteiger charge is 2.16. The molecule has 2 unspecified atom stereocenters. The van der Waals surface area contributed by atoms with Crippen molar-refractivity contribution >= 4 is 14.9 Å². The molecule has 0 aliphatic carbocycles. The minimum atomic E-state index is -0.605. The van der Waals surface area contributed by atoms with E-state index in [1.54, 1.807) is 0 Å². The van der Waals surface area contributed by atoms with Gasteiger partial charge in [-0.2, -0.15) is 0 Å². The first-order chi connectivity index (χ1) is 6.26. The van der Waals surface area contributed by atoms with Crippen molar-refractivity contribution in [3.8, 4) is 0 Å². The Morgan fingerprint density at radius 2 is 2.62 bits per heavy atom. The number of rotatable bonds is 6. The second kappa shape index (κ2) is 7.76. The van der Waals surface area contributed by atoms with Crippen molar-refractivity contribution in [3.63, 3.8) is 0 Å². The van der Waals surface area contributed by atoms with Crippen molar-refractivity contribution in [2.24, 2.45) is 10.8 Å².